The van der Waals surface area contributed by atoms with Gasteiger partial charge < -0.3 is 4.90 Å². The van der Waals surface area contributed by atoms with E-state index in [1.54, 1.807) is 0 Å². The van der Waals surface area contributed by atoms with E-state index in [4.69, 9.17) is 11.6 Å². The van der Waals surface area contributed by atoms with Crippen molar-refractivity contribution in [1.29, 1.82) is 0 Å². The van der Waals surface area contributed by atoms with Gasteiger partial charge in [-0.25, -0.2) is 0 Å². The average Bonchev–Trinajstić information content (AvgIpc) is 2.87. The largest absolute Gasteiger partial charge is 0.318 e. The Labute approximate surface area is 118 Å². The van der Waals surface area contributed by atoms with E-state index in [0.29, 0.717) is 6.04 Å². The van der Waals surface area contributed by atoms with Crippen LogP contribution in [0.5, 0.6) is 0 Å². The normalized spacial score (nSPS) is 32.7. The van der Waals surface area contributed by atoms with Crippen LogP contribution >= 0.6 is 11.6 Å². The summed E-state index contributed by atoms with van der Waals surface area (Å²) in [5, 5.41) is 4.10. The lowest BCUT2D eigenvalue weighted by Gasteiger charge is -2.26. The van der Waals surface area contributed by atoms with E-state index in [2.05, 4.69) is 19.2 Å². The lowest BCUT2D eigenvalue weighted by atomic mass is 10.1. The number of carbonyl (C=O) groups is 1. The van der Waals surface area contributed by atoms with Crippen molar-refractivity contribution in [3.05, 3.63) is 34.9 Å². The average molecular weight is 279 g/mol. The SMILES string of the molecule is CC1NC(c2ccc(Cl)cc2)N(C2CC2(C)C)C1=O. The molecular formula is C15H19ClN2O. The Hall–Kier alpha value is -1.06. The molecule has 3 rings (SSSR count). The summed E-state index contributed by atoms with van der Waals surface area (Å²) in [6.45, 7) is 6.36. The van der Waals surface area contributed by atoms with Crippen molar-refractivity contribution in [2.45, 2.75) is 45.4 Å². The Kier molecular flexibility index (Phi) is 2.88. The second kappa shape index (κ2) is 4.22. The summed E-state index contributed by atoms with van der Waals surface area (Å²) in [5.74, 6) is 0.204. The minimum atomic E-state index is -0.114. The van der Waals surface area contributed by atoms with Crippen molar-refractivity contribution in [2.75, 3.05) is 0 Å². The first-order valence-corrected chi connectivity index (χ1v) is 7.11. The van der Waals surface area contributed by atoms with Crippen molar-refractivity contribution in [3.8, 4) is 0 Å². The van der Waals surface area contributed by atoms with Crippen LogP contribution in [0.3, 0.4) is 0 Å². The summed E-state index contributed by atoms with van der Waals surface area (Å²) in [6.07, 6.45) is 1.06. The van der Waals surface area contributed by atoms with Crippen LogP contribution in [-0.4, -0.2) is 22.9 Å². The summed E-state index contributed by atoms with van der Waals surface area (Å²) in [6, 6.07) is 7.97. The molecule has 3 nitrogen and oxygen atoms in total. The summed E-state index contributed by atoms with van der Waals surface area (Å²) in [4.78, 5) is 14.4. The molecule has 2 aliphatic rings. The number of nitrogens with zero attached hydrogens (tertiary/aromatic N) is 1. The van der Waals surface area contributed by atoms with Crippen molar-refractivity contribution in [2.24, 2.45) is 5.41 Å². The molecule has 0 radical (unpaired) electrons. The Balaban J connectivity index is 1.91. The Morgan fingerprint density at radius 2 is 1.89 bits per heavy atom. The number of carbonyl (C=O) groups excluding carboxylic acids is 1. The van der Waals surface area contributed by atoms with E-state index in [0.717, 1.165) is 17.0 Å². The maximum Gasteiger partial charge on any atom is 0.241 e. The lowest BCUT2D eigenvalue weighted by Crippen LogP contribution is -2.34. The number of hydrogen-bond donors (Lipinski definition) is 1. The molecular weight excluding hydrogens is 260 g/mol. The highest BCUT2D eigenvalue weighted by molar-refractivity contribution is 6.30. The van der Waals surface area contributed by atoms with Gasteiger partial charge in [0.15, 0.2) is 0 Å². The maximum atomic E-state index is 12.4. The van der Waals surface area contributed by atoms with Gasteiger partial charge in [0.1, 0.15) is 6.17 Å². The van der Waals surface area contributed by atoms with Crippen LogP contribution in [0, 0.1) is 5.41 Å². The third-order valence-corrected chi connectivity index (χ3v) is 4.55. The minimum Gasteiger partial charge on any atom is -0.318 e. The van der Waals surface area contributed by atoms with Crippen LogP contribution in [-0.2, 0) is 4.79 Å². The molecule has 2 fully saturated rings. The second-order valence-electron chi connectivity index (χ2n) is 6.30. The predicted molar refractivity (Wildman–Crippen MR) is 75.8 cm³/mol. The first-order chi connectivity index (χ1) is 8.90. The second-order valence-corrected chi connectivity index (χ2v) is 6.73. The highest BCUT2D eigenvalue weighted by Gasteiger charge is 2.55. The molecule has 1 aromatic carbocycles. The predicted octanol–water partition coefficient (Wildman–Crippen LogP) is 2.96. The summed E-state index contributed by atoms with van der Waals surface area (Å²) in [5.41, 5.74) is 1.34. The molecule has 1 amide bonds. The Bertz CT molecular complexity index is 511. The molecule has 3 atom stereocenters. The van der Waals surface area contributed by atoms with Gasteiger partial charge in [-0.3, -0.25) is 10.1 Å². The molecule has 1 N–H and O–H groups in total. The third-order valence-electron chi connectivity index (χ3n) is 4.29. The van der Waals surface area contributed by atoms with Gasteiger partial charge in [-0.05, 0) is 36.5 Å². The van der Waals surface area contributed by atoms with Crippen LogP contribution in [0.25, 0.3) is 0 Å². The van der Waals surface area contributed by atoms with Gasteiger partial charge in [0, 0.05) is 11.1 Å². The number of amides is 1. The molecule has 1 aromatic rings. The molecule has 19 heavy (non-hydrogen) atoms. The topological polar surface area (TPSA) is 32.3 Å². The molecule has 0 aromatic heterocycles. The van der Waals surface area contributed by atoms with Crippen molar-refractivity contribution >= 4 is 17.5 Å². The minimum absolute atomic E-state index is 0.0217. The van der Waals surface area contributed by atoms with Crippen molar-refractivity contribution in [1.82, 2.24) is 10.2 Å². The molecule has 4 heteroatoms. The van der Waals surface area contributed by atoms with Crippen LogP contribution in [0.1, 0.15) is 38.9 Å². The summed E-state index contributed by atoms with van der Waals surface area (Å²) < 4.78 is 0. The number of hydrogen-bond acceptors (Lipinski definition) is 2. The van der Waals surface area contributed by atoms with Crippen molar-refractivity contribution in [3.63, 3.8) is 0 Å². The highest BCUT2D eigenvalue weighted by Crippen LogP contribution is 2.51. The molecule has 0 bridgehead atoms. The Morgan fingerprint density at radius 3 is 2.42 bits per heavy atom. The third kappa shape index (κ3) is 2.15. The maximum absolute atomic E-state index is 12.4. The summed E-state index contributed by atoms with van der Waals surface area (Å²) in [7, 11) is 0. The lowest BCUT2D eigenvalue weighted by molar-refractivity contribution is -0.130. The fourth-order valence-corrected chi connectivity index (χ4v) is 3.01. The molecule has 3 unspecified atom stereocenters. The van der Waals surface area contributed by atoms with Crippen LogP contribution < -0.4 is 5.32 Å². The first-order valence-electron chi connectivity index (χ1n) is 6.74. The van der Waals surface area contributed by atoms with E-state index >= 15 is 0 Å². The number of nitrogens with one attached hydrogen (secondary N) is 1. The zero-order valence-electron chi connectivity index (χ0n) is 11.5. The molecule has 1 aliphatic heterocycles. The quantitative estimate of drug-likeness (QED) is 0.902. The standard InChI is InChI=1S/C15H19ClN2O/c1-9-14(19)18(12-8-15(12,2)3)13(17-9)10-4-6-11(16)7-5-10/h4-7,9,12-13,17H,8H2,1-3H3. The zero-order chi connectivity index (χ0) is 13.8. The highest BCUT2D eigenvalue weighted by atomic mass is 35.5. The monoisotopic (exact) mass is 278 g/mol. The fraction of sp³-hybridized carbons (Fsp3) is 0.533. The zero-order valence-corrected chi connectivity index (χ0v) is 12.2. The van der Waals surface area contributed by atoms with Gasteiger partial charge in [0.2, 0.25) is 5.91 Å². The number of rotatable bonds is 2. The molecule has 1 saturated carbocycles. The van der Waals surface area contributed by atoms with Gasteiger partial charge in [0.05, 0.1) is 6.04 Å². The van der Waals surface area contributed by atoms with Crippen LogP contribution in [0.2, 0.25) is 5.02 Å². The molecule has 1 aliphatic carbocycles. The Morgan fingerprint density at radius 1 is 1.32 bits per heavy atom. The molecule has 102 valence electrons. The van der Waals surface area contributed by atoms with Gasteiger partial charge in [-0.1, -0.05) is 37.6 Å². The van der Waals surface area contributed by atoms with Gasteiger partial charge >= 0.3 is 0 Å². The number of halogens is 1. The first kappa shape index (κ1) is 12.9. The summed E-state index contributed by atoms with van der Waals surface area (Å²) >= 11 is 5.93. The van der Waals surface area contributed by atoms with Crippen LogP contribution in [0.15, 0.2) is 24.3 Å². The van der Waals surface area contributed by atoms with E-state index in [9.17, 15) is 4.79 Å². The van der Waals surface area contributed by atoms with E-state index in [1.807, 2.05) is 36.1 Å². The van der Waals surface area contributed by atoms with E-state index in [-0.39, 0.29) is 23.5 Å². The van der Waals surface area contributed by atoms with Crippen molar-refractivity contribution < 1.29 is 4.79 Å². The van der Waals surface area contributed by atoms with Gasteiger partial charge in [-0.15, -0.1) is 0 Å². The molecule has 0 spiro atoms. The van der Waals surface area contributed by atoms with E-state index in [1.165, 1.54) is 0 Å². The fourth-order valence-electron chi connectivity index (χ4n) is 2.89. The van der Waals surface area contributed by atoms with Crippen LogP contribution in [0.4, 0.5) is 0 Å². The number of benzene rings is 1. The van der Waals surface area contributed by atoms with Gasteiger partial charge in [0.25, 0.3) is 0 Å². The van der Waals surface area contributed by atoms with Gasteiger partial charge in [-0.2, -0.15) is 0 Å². The molecule has 1 saturated heterocycles. The molecule has 1 heterocycles. The van der Waals surface area contributed by atoms with E-state index < -0.39 is 0 Å². The smallest absolute Gasteiger partial charge is 0.241 e.